The second-order valence-electron chi connectivity index (χ2n) is 3.20. The smallest absolute Gasteiger partial charge is 0.0897 e. The molecule has 0 amide bonds. The number of aryl methyl sites for hydroxylation is 1. The Bertz CT molecular complexity index is 476. The third-order valence-electron chi connectivity index (χ3n) is 1.95. The summed E-state index contributed by atoms with van der Waals surface area (Å²) in [4.78, 5) is 5.32. The zero-order chi connectivity index (χ0) is 11.5. The highest BCUT2D eigenvalue weighted by Gasteiger charge is 2.07. The van der Waals surface area contributed by atoms with Crippen LogP contribution in [0.3, 0.4) is 0 Å². The molecule has 0 aliphatic heterocycles. The molecule has 1 heterocycles. The van der Waals surface area contributed by atoms with E-state index < -0.39 is 0 Å². The van der Waals surface area contributed by atoms with Crippen molar-refractivity contribution in [2.75, 3.05) is 0 Å². The van der Waals surface area contributed by atoms with Gasteiger partial charge in [0.1, 0.15) is 0 Å². The van der Waals surface area contributed by atoms with Gasteiger partial charge in [-0.15, -0.1) is 23.1 Å². The highest BCUT2D eigenvalue weighted by atomic mass is 35.5. The van der Waals surface area contributed by atoms with Gasteiger partial charge in [0.05, 0.1) is 20.7 Å². The molecule has 0 aliphatic rings. The molecular weight excluding hydrogens is 281 g/mol. The van der Waals surface area contributed by atoms with Crippen LogP contribution in [0.25, 0.3) is 0 Å². The van der Waals surface area contributed by atoms with Gasteiger partial charge in [0, 0.05) is 16.0 Å². The second kappa shape index (κ2) is 5.41. The van der Waals surface area contributed by atoms with E-state index in [9.17, 15) is 0 Å². The Morgan fingerprint density at radius 3 is 2.56 bits per heavy atom. The molecule has 0 saturated heterocycles. The first-order valence-electron chi connectivity index (χ1n) is 4.64. The van der Waals surface area contributed by atoms with Crippen LogP contribution in [0.5, 0.6) is 0 Å². The predicted molar refractivity (Wildman–Crippen MR) is 72.9 cm³/mol. The van der Waals surface area contributed by atoms with Crippen molar-refractivity contribution in [1.82, 2.24) is 4.98 Å². The number of halogens is 2. The minimum atomic E-state index is 0.699. The molecule has 5 heteroatoms. The zero-order valence-electron chi connectivity index (χ0n) is 8.54. The lowest BCUT2D eigenvalue weighted by Gasteiger charge is -2.04. The standard InChI is InChI=1S/C11H9Cl2NS2/c1-7-14-8(5-15-7)6-16-11-9(12)3-2-4-10(11)13/h2-5H,6H2,1H3. The van der Waals surface area contributed by atoms with Crippen LogP contribution in [0.15, 0.2) is 28.5 Å². The molecule has 1 aromatic heterocycles. The molecule has 0 unspecified atom stereocenters. The van der Waals surface area contributed by atoms with Crippen molar-refractivity contribution in [2.45, 2.75) is 17.6 Å². The summed E-state index contributed by atoms with van der Waals surface area (Å²) < 4.78 is 0. The second-order valence-corrected chi connectivity index (χ2v) is 6.06. The van der Waals surface area contributed by atoms with Gasteiger partial charge in [-0.2, -0.15) is 0 Å². The van der Waals surface area contributed by atoms with Gasteiger partial charge in [-0.1, -0.05) is 29.3 Å². The van der Waals surface area contributed by atoms with Crippen LogP contribution in [0.2, 0.25) is 10.0 Å². The number of aromatic nitrogens is 1. The van der Waals surface area contributed by atoms with Crippen LogP contribution in [-0.4, -0.2) is 4.98 Å². The molecule has 0 saturated carbocycles. The van der Waals surface area contributed by atoms with Crippen molar-refractivity contribution in [3.63, 3.8) is 0 Å². The molecule has 84 valence electrons. The molecule has 0 atom stereocenters. The normalized spacial score (nSPS) is 10.7. The minimum absolute atomic E-state index is 0.699. The van der Waals surface area contributed by atoms with Crippen LogP contribution in [0.4, 0.5) is 0 Å². The Hall–Kier alpha value is -0.220. The average molecular weight is 290 g/mol. The van der Waals surface area contributed by atoms with Gasteiger partial charge in [0.25, 0.3) is 0 Å². The SMILES string of the molecule is Cc1nc(CSc2c(Cl)cccc2Cl)cs1. The summed E-state index contributed by atoms with van der Waals surface area (Å²) in [6, 6.07) is 5.55. The lowest BCUT2D eigenvalue weighted by molar-refractivity contribution is 1.18. The van der Waals surface area contributed by atoms with Gasteiger partial charge >= 0.3 is 0 Å². The maximum atomic E-state index is 6.08. The maximum Gasteiger partial charge on any atom is 0.0897 e. The largest absolute Gasteiger partial charge is 0.246 e. The Morgan fingerprint density at radius 2 is 2.00 bits per heavy atom. The van der Waals surface area contributed by atoms with Crippen LogP contribution in [-0.2, 0) is 5.75 Å². The molecule has 0 bridgehead atoms. The van der Waals surface area contributed by atoms with Gasteiger partial charge in [0.15, 0.2) is 0 Å². The number of thioether (sulfide) groups is 1. The lowest BCUT2D eigenvalue weighted by Crippen LogP contribution is -1.82. The first-order chi connectivity index (χ1) is 7.66. The maximum absolute atomic E-state index is 6.08. The molecule has 2 rings (SSSR count). The van der Waals surface area contributed by atoms with Crippen molar-refractivity contribution in [3.8, 4) is 0 Å². The van der Waals surface area contributed by atoms with Crippen molar-refractivity contribution in [2.24, 2.45) is 0 Å². The summed E-state index contributed by atoms with van der Waals surface area (Å²) in [7, 11) is 0. The molecule has 0 aliphatic carbocycles. The van der Waals surface area contributed by atoms with E-state index in [2.05, 4.69) is 10.4 Å². The fourth-order valence-electron chi connectivity index (χ4n) is 1.24. The van der Waals surface area contributed by atoms with E-state index in [1.54, 1.807) is 23.1 Å². The number of benzene rings is 1. The van der Waals surface area contributed by atoms with E-state index in [1.165, 1.54) is 0 Å². The molecule has 0 N–H and O–H groups in total. The Morgan fingerprint density at radius 1 is 1.31 bits per heavy atom. The third-order valence-corrected chi connectivity index (χ3v) is 4.79. The Kier molecular flexibility index (Phi) is 4.14. The van der Waals surface area contributed by atoms with Gasteiger partial charge in [-0.05, 0) is 19.1 Å². The molecule has 1 aromatic carbocycles. The third kappa shape index (κ3) is 2.92. The first kappa shape index (κ1) is 12.2. The lowest BCUT2D eigenvalue weighted by atomic mass is 10.4. The van der Waals surface area contributed by atoms with Crippen LogP contribution in [0.1, 0.15) is 10.7 Å². The molecule has 0 fully saturated rings. The average Bonchev–Trinajstić information content (AvgIpc) is 2.63. The first-order valence-corrected chi connectivity index (χ1v) is 7.27. The zero-order valence-corrected chi connectivity index (χ0v) is 11.7. The topological polar surface area (TPSA) is 12.9 Å². The number of rotatable bonds is 3. The highest BCUT2D eigenvalue weighted by Crippen LogP contribution is 2.35. The van der Waals surface area contributed by atoms with E-state index in [0.29, 0.717) is 10.0 Å². The fourth-order valence-corrected chi connectivity index (χ4v) is 3.54. The summed E-state index contributed by atoms with van der Waals surface area (Å²) in [6.45, 7) is 2.00. The summed E-state index contributed by atoms with van der Waals surface area (Å²) in [5.74, 6) is 0.799. The van der Waals surface area contributed by atoms with Crippen LogP contribution in [0, 0.1) is 6.92 Å². The van der Waals surface area contributed by atoms with Crippen molar-refractivity contribution in [1.29, 1.82) is 0 Å². The summed E-state index contributed by atoms with van der Waals surface area (Å²) in [6.07, 6.45) is 0. The Balaban J connectivity index is 2.10. The van der Waals surface area contributed by atoms with Gasteiger partial charge in [0.2, 0.25) is 0 Å². The van der Waals surface area contributed by atoms with E-state index in [4.69, 9.17) is 23.2 Å². The molecular formula is C11H9Cl2NS2. The van der Waals surface area contributed by atoms with Gasteiger partial charge < -0.3 is 0 Å². The quantitative estimate of drug-likeness (QED) is 0.734. The molecule has 2 aromatic rings. The Labute approximate surface area is 113 Å². The van der Waals surface area contributed by atoms with Crippen LogP contribution < -0.4 is 0 Å². The molecule has 1 nitrogen and oxygen atoms in total. The summed E-state index contributed by atoms with van der Waals surface area (Å²) >= 11 is 15.4. The van der Waals surface area contributed by atoms with Gasteiger partial charge in [-0.25, -0.2) is 4.98 Å². The van der Waals surface area contributed by atoms with Crippen molar-refractivity contribution < 1.29 is 0 Å². The van der Waals surface area contributed by atoms with Gasteiger partial charge in [-0.3, -0.25) is 0 Å². The monoisotopic (exact) mass is 289 g/mol. The minimum Gasteiger partial charge on any atom is -0.246 e. The fraction of sp³-hybridized carbons (Fsp3) is 0.182. The van der Waals surface area contributed by atoms with E-state index in [-0.39, 0.29) is 0 Å². The van der Waals surface area contributed by atoms with Crippen LogP contribution >= 0.6 is 46.3 Å². The number of thiazole rings is 1. The van der Waals surface area contributed by atoms with E-state index >= 15 is 0 Å². The molecule has 16 heavy (non-hydrogen) atoms. The number of hydrogen-bond donors (Lipinski definition) is 0. The van der Waals surface area contributed by atoms with E-state index in [0.717, 1.165) is 21.3 Å². The highest BCUT2D eigenvalue weighted by molar-refractivity contribution is 7.98. The number of hydrogen-bond acceptors (Lipinski definition) is 3. The molecule has 0 radical (unpaired) electrons. The van der Waals surface area contributed by atoms with Crippen molar-refractivity contribution >= 4 is 46.3 Å². The van der Waals surface area contributed by atoms with Crippen molar-refractivity contribution in [3.05, 3.63) is 44.3 Å². The van der Waals surface area contributed by atoms with E-state index in [1.807, 2.05) is 25.1 Å². The molecule has 0 spiro atoms. The summed E-state index contributed by atoms with van der Waals surface area (Å²) in [5, 5.41) is 4.54. The summed E-state index contributed by atoms with van der Waals surface area (Å²) in [5.41, 5.74) is 1.07. The predicted octanol–water partition coefficient (Wildman–Crippen LogP) is 5.05. The number of nitrogens with zero attached hydrogens (tertiary/aromatic N) is 1.